The molecule has 0 fully saturated rings. The van der Waals surface area contributed by atoms with Gasteiger partial charge in [-0.25, -0.2) is 9.78 Å². The van der Waals surface area contributed by atoms with Gasteiger partial charge in [0.2, 0.25) is 0 Å². The number of benzene rings is 1. The molecule has 0 saturated carbocycles. The minimum atomic E-state index is -0.360. The summed E-state index contributed by atoms with van der Waals surface area (Å²) in [6, 6.07) is 13.0. The van der Waals surface area contributed by atoms with Crippen molar-refractivity contribution in [3.8, 4) is 16.3 Å². The van der Waals surface area contributed by atoms with Gasteiger partial charge in [-0.3, -0.25) is 5.32 Å². The summed E-state index contributed by atoms with van der Waals surface area (Å²) in [6.07, 6.45) is 3.57. The summed E-state index contributed by atoms with van der Waals surface area (Å²) in [7, 11) is 0. The number of pyridine rings is 1. The number of amides is 2. The first-order valence-electron chi connectivity index (χ1n) is 9.12. The zero-order valence-electron chi connectivity index (χ0n) is 15.0. The molecule has 2 amide bonds. The van der Waals surface area contributed by atoms with Crippen molar-refractivity contribution in [1.29, 1.82) is 0 Å². The molecule has 6 nitrogen and oxygen atoms in total. The average molecular weight is 390 g/mol. The zero-order chi connectivity index (χ0) is 19.1. The van der Waals surface area contributed by atoms with Crippen molar-refractivity contribution in [3.05, 3.63) is 59.7 Å². The number of rotatable bonds is 3. The molecule has 0 spiro atoms. The fourth-order valence-corrected chi connectivity index (χ4v) is 4.56. The number of urea groups is 1. The average Bonchev–Trinajstić information content (AvgIpc) is 3.43. The van der Waals surface area contributed by atoms with Crippen molar-refractivity contribution >= 4 is 39.6 Å². The maximum Gasteiger partial charge on any atom is 0.324 e. The van der Waals surface area contributed by atoms with Crippen LogP contribution in [0.4, 0.5) is 16.3 Å². The third-order valence-corrected chi connectivity index (χ3v) is 5.95. The quantitative estimate of drug-likeness (QED) is 0.457. The fourth-order valence-electron chi connectivity index (χ4n) is 3.83. The number of nitrogens with one attached hydrogen (secondary N) is 2. The van der Waals surface area contributed by atoms with E-state index >= 15 is 0 Å². The number of fused-ring (bicyclic) bond motifs is 3. The highest BCUT2D eigenvalue weighted by Gasteiger charge is 2.23. The van der Waals surface area contributed by atoms with E-state index in [0.717, 1.165) is 46.3 Å². The van der Waals surface area contributed by atoms with E-state index in [2.05, 4.69) is 15.6 Å². The predicted molar refractivity (Wildman–Crippen MR) is 112 cm³/mol. The van der Waals surface area contributed by atoms with Crippen molar-refractivity contribution in [1.82, 2.24) is 9.55 Å². The minimum Gasteiger partial charge on any atom is -0.494 e. The van der Waals surface area contributed by atoms with E-state index in [-0.39, 0.29) is 11.9 Å². The number of thiophene rings is 1. The van der Waals surface area contributed by atoms with Crippen LogP contribution in [-0.4, -0.2) is 20.7 Å². The minimum absolute atomic E-state index is 0.275. The Kier molecular flexibility index (Phi) is 4.02. The molecule has 4 aromatic rings. The van der Waals surface area contributed by atoms with Crippen LogP contribution in [0.2, 0.25) is 0 Å². The van der Waals surface area contributed by atoms with Crippen molar-refractivity contribution in [3.63, 3.8) is 0 Å². The second kappa shape index (κ2) is 6.69. The maximum atomic E-state index is 12.6. The van der Waals surface area contributed by atoms with Crippen molar-refractivity contribution in [2.45, 2.75) is 19.4 Å². The Morgan fingerprint density at radius 1 is 1.18 bits per heavy atom. The first-order chi connectivity index (χ1) is 13.7. The molecule has 3 aromatic heterocycles. The van der Waals surface area contributed by atoms with Crippen LogP contribution in [0.3, 0.4) is 0 Å². The molecular weight excluding hydrogens is 372 g/mol. The number of aromatic hydroxyl groups is 1. The van der Waals surface area contributed by atoms with Gasteiger partial charge in [0.15, 0.2) is 5.88 Å². The fraction of sp³-hybridized carbons (Fsp3) is 0.143. The molecule has 4 heterocycles. The molecule has 0 unspecified atom stereocenters. The largest absolute Gasteiger partial charge is 0.494 e. The Morgan fingerprint density at radius 3 is 2.96 bits per heavy atom. The van der Waals surface area contributed by atoms with Gasteiger partial charge in [-0.15, -0.1) is 11.3 Å². The lowest BCUT2D eigenvalue weighted by molar-refractivity contribution is 0.262. The van der Waals surface area contributed by atoms with Crippen LogP contribution < -0.4 is 10.6 Å². The molecule has 0 bridgehead atoms. The van der Waals surface area contributed by atoms with E-state index < -0.39 is 0 Å². The van der Waals surface area contributed by atoms with Gasteiger partial charge in [0.05, 0.1) is 5.69 Å². The van der Waals surface area contributed by atoms with Gasteiger partial charge in [-0.05, 0) is 54.1 Å². The van der Waals surface area contributed by atoms with Crippen LogP contribution in [0.15, 0.2) is 54.0 Å². The smallest absolute Gasteiger partial charge is 0.324 e. The summed E-state index contributed by atoms with van der Waals surface area (Å²) in [5.74, 6) is 0.761. The standard InChI is InChI=1S/C21H18N4O2S/c26-20-14-4-1-5-15(19(14)16-6-2-10-25(16)20)23-21(27)24-18-12-13(8-9-22-18)17-7-3-11-28-17/h1,3-5,7-9,11-12,26H,2,6,10H2,(H2,22,23,24,27). The number of nitrogens with zero attached hydrogens (tertiary/aromatic N) is 2. The predicted octanol–water partition coefficient (Wildman–Crippen LogP) is 5.06. The molecule has 0 atom stereocenters. The third-order valence-electron chi connectivity index (χ3n) is 5.03. The monoisotopic (exact) mass is 390 g/mol. The molecule has 1 aliphatic heterocycles. The van der Waals surface area contributed by atoms with Crippen LogP contribution in [0.1, 0.15) is 12.1 Å². The highest BCUT2D eigenvalue weighted by Crippen LogP contribution is 2.39. The topological polar surface area (TPSA) is 79.2 Å². The Bertz CT molecular complexity index is 1180. The lowest BCUT2D eigenvalue weighted by Gasteiger charge is -2.10. The maximum absolute atomic E-state index is 12.6. The van der Waals surface area contributed by atoms with Crippen molar-refractivity contribution < 1.29 is 9.90 Å². The number of aromatic nitrogens is 2. The van der Waals surface area contributed by atoms with Crippen LogP contribution >= 0.6 is 11.3 Å². The van der Waals surface area contributed by atoms with Gasteiger partial charge in [0, 0.05) is 34.1 Å². The summed E-state index contributed by atoms with van der Waals surface area (Å²) >= 11 is 1.64. The Balaban J connectivity index is 1.41. The lowest BCUT2D eigenvalue weighted by Crippen LogP contribution is -2.20. The van der Waals surface area contributed by atoms with Gasteiger partial charge in [-0.2, -0.15) is 0 Å². The van der Waals surface area contributed by atoms with Gasteiger partial charge in [0.25, 0.3) is 0 Å². The molecule has 1 aliphatic rings. The summed E-state index contributed by atoms with van der Waals surface area (Å²) in [6.45, 7) is 0.806. The van der Waals surface area contributed by atoms with Crippen LogP contribution in [0.5, 0.6) is 5.88 Å². The molecule has 3 N–H and O–H groups in total. The zero-order valence-corrected chi connectivity index (χ0v) is 15.8. The van der Waals surface area contributed by atoms with Gasteiger partial charge >= 0.3 is 6.03 Å². The van der Waals surface area contributed by atoms with Gasteiger partial charge in [0.1, 0.15) is 5.82 Å². The number of anilines is 2. The summed E-state index contributed by atoms with van der Waals surface area (Å²) in [5.41, 5.74) is 2.77. The molecule has 0 radical (unpaired) electrons. The van der Waals surface area contributed by atoms with Crippen LogP contribution in [0.25, 0.3) is 21.2 Å². The number of carbonyl (C=O) groups is 1. The number of hydrogen-bond acceptors (Lipinski definition) is 4. The van der Waals surface area contributed by atoms with Gasteiger partial charge in [-0.1, -0.05) is 12.1 Å². The molecule has 1 aromatic carbocycles. The van der Waals surface area contributed by atoms with E-state index in [9.17, 15) is 9.90 Å². The summed E-state index contributed by atoms with van der Waals surface area (Å²) in [4.78, 5) is 18.0. The Hall–Kier alpha value is -3.32. The normalized spacial score (nSPS) is 12.9. The van der Waals surface area contributed by atoms with E-state index in [1.807, 2.05) is 52.4 Å². The van der Waals surface area contributed by atoms with E-state index in [1.54, 1.807) is 17.5 Å². The highest BCUT2D eigenvalue weighted by atomic mass is 32.1. The Labute approximate surface area is 165 Å². The molecule has 28 heavy (non-hydrogen) atoms. The second-order valence-corrected chi connectivity index (χ2v) is 7.69. The molecule has 5 rings (SSSR count). The second-order valence-electron chi connectivity index (χ2n) is 6.74. The lowest BCUT2D eigenvalue weighted by atomic mass is 10.1. The molecule has 7 heteroatoms. The van der Waals surface area contributed by atoms with Crippen LogP contribution in [-0.2, 0) is 13.0 Å². The first kappa shape index (κ1) is 16.8. The molecule has 0 aliphatic carbocycles. The number of aryl methyl sites for hydroxylation is 1. The van der Waals surface area contributed by atoms with Crippen LogP contribution in [0, 0.1) is 0 Å². The highest BCUT2D eigenvalue weighted by molar-refractivity contribution is 7.13. The Morgan fingerprint density at radius 2 is 2.11 bits per heavy atom. The third kappa shape index (κ3) is 2.80. The molecule has 140 valence electrons. The molecular formula is C21H18N4O2S. The van der Waals surface area contributed by atoms with E-state index in [1.165, 1.54) is 0 Å². The number of carbonyl (C=O) groups excluding carboxylic acids is 1. The first-order valence-corrected chi connectivity index (χ1v) is 9.99. The molecule has 0 saturated heterocycles. The summed E-state index contributed by atoms with van der Waals surface area (Å²) in [5, 5.41) is 19.9. The SMILES string of the molecule is O=C(Nc1cc(-c2cccs2)ccn1)Nc1cccc2c(O)n3c(c12)CCC3. The van der Waals surface area contributed by atoms with Crippen molar-refractivity contribution in [2.75, 3.05) is 10.6 Å². The van der Waals surface area contributed by atoms with E-state index in [0.29, 0.717) is 11.5 Å². The summed E-state index contributed by atoms with van der Waals surface area (Å²) < 4.78 is 1.93. The van der Waals surface area contributed by atoms with Gasteiger partial charge < -0.3 is 15.0 Å². The van der Waals surface area contributed by atoms with E-state index in [4.69, 9.17) is 0 Å². The van der Waals surface area contributed by atoms with Crippen molar-refractivity contribution in [2.24, 2.45) is 0 Å². The number of hydrogen-bond donors (Lipinski definition) is 3.